The number of piperidine rings is 1. The van der Waals surface area contributed by atoms with Gasteiger partial charge in [0.05, 0.1) is 23.6 Å². The van der Waals surface area contributed by atoms with Gasteiger partial charge in [-0.15, -0.1) is 10.2 Å². The first-order chi connectivity index (χ1) is 13.2. The van der Waals surface area contributed by atoms with E-state index in [1.165, 1.54) is 6.33 Å². The number of carbonyl (C=O) groups is 1. The Morgan fingerprint density at radius 2 is 2.11 bits per heavy atom. The number of aromatic nitrogens is 4. The van der Waals surface area contributed by atoms with Crippen LogP contribution in [-0.4, -0.2) is 44.1 Å². The molecule has 1 amide bonds. The summed E-state index contributed by atoms with van der Waals surface area (Å²) in [5.41, 5.74) is 2.57. The maximum atomic E-state index is 12.7. The molecule has 0 N–H and O–H groups in total. The third-order valence-corrected chi connectivity index (χ3v) is 4.90. The van der Waals surface area contributed by atoms with E-state index in [1.807, 2.05) is 42.2 Å². The van der Waals surface area contributed by atoms with Crippen LogP contribution in [0, 0.1) is 6.92 Å². The molecule has 0 aliphatic carbocycles. The van der Waals surface area contributed by atoms with Crippen molar-refractivity contribution in [1.29, 1.82) is 0 Å². The highest BCUT2D eigenvalue weighted by atomic mass is 16.4. The minimum atomic E-state index is 0.0599. The number of hydrogen-bond acceptors (Lipinski definition) is 6. The Morgan fingerprint density at radius 1 is 1.26 bits per heavy atom. The molecular weight excluding hydrogens is 342 g/mol. The van der Waals surface area contributed by atoms with Gasteiger partial charge in [0.2, 0.25) is 11.8 Å². The second kappa shape index (κ2) is 7.65. The van der Waals surface area contributed by atoms with Crippen molar-refractivity contribution in [2.75, 3.05) is 13.1 Å². The maximum Gasteiger partial charge on any atom is 0.251 e. The zero-order chi connectivity index (χ0) is 18.6. The fourth-order valence-electron chi connectivity index (χ4n) is 3.40. The van der Waals surface area contributed by atoms with Gasteiger partial charge in [-0.25, -0.2) is 9.97 Å². The number of hydrogen-bond donors (Lipinski definition) is 0. The molecule has 3 heterocycles. The van der Waals surface area contributed by atoms with E-state index >= 15 is 0 Å². The molecule has 27 heavy (non-hydrogen) atoms. The summed E-state index contributed by atoms with van der Waals surface area (Å²) in [6.07, 6.45) is 5.45. The summed E-state index contributed by atoms with van der Waals surface area (Å²) in [6.45, 7) is 3.26. The van der Waals surface area contributed by atoms with Crippen LogP contribution < -0.4 is 0 Å². The van der Waals surface area contributed by atoms with Crippen LogP contribution in [0.15, 0.2) is 47.3 Å². The molecule has 7 heteroatoms. The molecule has 4 rings (SSSR count). The van der Waals surface area contributed by atoms with Gasteiger partial charge in [0.25, 0.3) is 5.89 Å². The lowest BCUT2D eigenvalue weighted by atomic mass is 9.97. The van der Waals surface area contributed by atoms with Gasteiger partial charge >= 0.3 is 0 Å². The summed E-state index contributed by atoms with van der Waals surface area (Å²) in [5.74, 6) is 1.20. The molecule has 1 saturated heterocycles. The Kier molecular flexibility index (Phi) is 4.91. The molecule has 1 aliphatic heterocycles. The zero-order valence-electron chi connectivity index (χ0n) is 15.2. The van der Waals surface area contributed by atoms with E-state index in [4.69, 9.17) is 4.42 Å². The summed E-state index contributed by atoms with van der Waals surface area (Å²) in [6, 6.07) is 9.83. The fourth-order valence-corrected chi connectivity index (χ4v) is 3.40. The second-order valence-corrected chi connectivity index (χ2v) is 6.81. The van der Waals surface area contributed by atoms with Crippen molar-refractivity contribution in [1.82, 2.24) is 25.1 Å². The van der Waals surface area contributed by atoms with Crippen molar-refractivity contribution in [2.24, 2.45) is 0 Å². The SMILES string of the molecule is Cc1ncncc1-c1nnc(C2CCCN(C(=O)Cc3ccccc3)C2)o1. The van der Waals surface area contributed by atoms with E-state index in [-0.39, 0.29) is 11.8 Å². The number of nitrogens with zero attached hydrogens (tertiary/aromatic N) is 5. The zero-order valence-corrected chi connectivity index (χ0v) is 15.2. The molecule has 138 valence electrons. The number of likely N-dealkylation sites (tertiary alicyclic amines) is 1. The predicted molar refractivity (Wildman–Crippen MR) is 98.8 cm³/mol. The van der Waals surface area contributed by atoms with Crippen LogP contribution in [0.5, 0.6) is 0 Å². The first-order valence-electron chi connectivity index (χ1n) is 9.13. The van der Waals surface area contributed by atoms with Crippen molar-refractivity contribution in [3.05, 3.63) is 60.0 Å². The molecule has 2 aromatic heterocycles. The third-order valence-electron chi connectivity index (χ3n) is 4.90. The molecule has 0 radical (unpaired) electrons. The highest BCUT2D eigenvalue weighted by Crippen LogP contribution is 2.29. The molecule has 1 aromatic carbocycles. The summed E-state index contributed by atoms with van der Waals surface area (Å²) in [7, 11) is 0. The minimum Gasteiger partial charge on any atom is -0.420 e. The molecule has 1 unspecified atom stereocenters. The number of amides is 1. The van der Waals surface area contributed by atoms with Crippen LogP contribution >= 0.6 is 0 Å². The molecule has 0 bridgehead atoms. The Bertz CT molecular complexity index is 925. The first kappa shape index (κ1) is 17.3. The van der Waals surface area contributed by atoms with Gasteiger partial charge in [-0.3, -0.25) is 4.79 Å². The molecule has 0 spiro atoms. The highest BCUT2D eigenvalue weighted by molar-refractivity contribution is 5.79. The number of carbonyl (C=O) groups excluding carboxylic acids is 1. The quantitative estimate of drug-likeness (QED) is 0.709. The van der Waals surface area contributed by atoms with E-state index in [0.717, 1.165) is 36.2 Å². The summed E-state index contributed by atoms with van der Waals surface area (Å²) in [5, 5.41) is 8.38. The lowest BCUT2D eigenvalue weighted by molar-refractivity contribution is -0.131. The Balaban J connectivity index is 1.46. The van der Waals surface area contributed by atoms with Gasteiger partial charge < -0.3 is 9.32 Å². The molecule has 1 aliphatic rings. The molecule has 0 saturated carbocycles. The van der Waals surface area contributed by atoms with E-state index in [2.05, 4.69) is 20.2 Å². The normalized spacial score (nSPS) is 17.1. The van der Waals surface area contributed by atoms with Crippen LogP contribution in [0.4, 0.5) is 0 Å². The predicted octanol–water partition coefficient (Wildman–Crippen LogP) is 2.78. The van der Waals surface area contributed by atoms with Gasteiger partial charge in [-0.1, -0.05) is 30.3 Å². The van der Waals surface area contributed by atoms with Gasteiger partial charge in [-0.2, -0.15) is 0 Å². The number of rotatable bonds is 4. The molecule has 7 nitrogen and oxygen atoms in total. The van der Waals surface area contributed by atoms with Gasteiger partial charge in [0, 0.05) is 19.3 Å². The van der Waals surface area contributed by atoms with Crippen LogP contribution in [0.1, 0.15) is 35.9 Å². The molecule has 3 aromatic rings. The summed E-state index contributed by atoms with van der Waals surface area (Å²) >= 11 is 0. The van der Waals surface area contributed by atoms with Crippen molar-refractivity contribution in [2.45, 2.75) is 32.1 Å². The smallest absolute Gasteiger partial charge is 0.251 e. The van der Waals surface area contributed by atoms with Crippen molar-refractivity contribution in [3.63, 3.8) is 0 Å². The van der Waals surface area contributed by atoms with E-state index in [1.54, 1.807) is 6.20 Å². The lowest BCUT2D eigenvalue weighted by Crippen LogP contribution is -2.40. The molecular formula is C20H21N5O2. The lowest BCUT2D eigenvalue weighted by Gasteiger charge is -2.31. The second-order valence-electron chi connectivity index (χ2n) is 6.81. The van der Waals surface area contributed by atoms with Gasteiger partial charge in [0.15, 0.2) is 0 Å². The molecule has 1 atom stereocenters. The van der Waals surface area contributed by atoms with Crippen LogP contribution in [-0.2, 0) is 11.2 Å². The highest BCUT2D eigenvalue weighted by Gasteiger charge is 2.28. The van der Waals surface area contributed by atoms with E-state index in [9.17, 15) is 4.79 Å². The van der Waals surface area contributed by atoms with Crippen molar-refractivity contribution >= 4 is 5.91 Å². The Labute approximate surface area is 157 Å². The Hall–Kier alpha value is -3.09. The number of benzene rings is 1. The van der Waals surface area contributed by atoms with Gasteiger partial charge in [0.1, 0.15) is 6.33 Å². The van der Waals surface area contributed by atoms with Crippen LogP contribution in [0.25, 0.3) is 11.5 Å². The van der Waals surface area contributed by atoms with Crippen molar-refractivity contribution < 1.29 is 9.21 Å². The topological polar surface area (TPSA) is 85.0 Å². The Morgan fingerprint density at radius 3 is 2.93 bits per heavy atom. The van der Waals surface area contributed by atoms with E-state index < -0.39 is 0 Å². The number of aryl methyl sites for hydroxylation is 1. The maximum absolute atomic E-state index is 12.7. The van der Waals surface area contributed by atoms with E-state index in [0.29, 0.717) is 24.7 Å². The van der Waals surface area contributed by atoms with Gasteiger partial charge in [-0.05, 0) is 25.3 Å². The first-order valence-corrected chi connectivity index (χ1v) is 9.13. The average molecular weight is 363 g/mol. The monoisotopic (exact) mass is 363 g/mol. The minimum absolute atomic E-state index is 0.0599. The van der Waals surface area contributed by atoms with Crippen LogP contribution in [0.3, 0.4) is 0 Å². The average Bonchev–Trinajstić information content (AvgIpc) is 3.19. The molecule has 1 fully saturated rings. The summed E-state index contributed by atoms with van der Waals surface area (Å²) < 4.78 is 5.90. The summed E-state index contributed by atoms with van der Waals surface area (Å²) in [4.78, 5) is 22.8. The van der Waals surface area contributed by atoms with Crippen molar-refractivity contribution in [3.8, 4) is 11.5 Å². The van der Waals surface area contributed by atoms with Crippen LogP contribution in [0.2, 0.25) is 0 Å². The fraction of sp³-hybridized carbons (Fsp3) is 0.350. The largest absolute Gasteiger partial charge is 0.420 e. The third kappa shape index (κ3) is 3.86. The standard InChI is InChI=1S/C20H21N5O2/c1-14-17(11-21-13-22-14)20-24-23-19(27-20)16-8-5-9-25(12-16)18(26)10-15-6-3-2-4-7-15/h2-4,6-7,11,13,16H,5,8-10,12H2,1H3.